The smallest absolute Gasteiger partial charge is 0.406 e. The summed E-state index contributed by atoms with van der Waals surface area (Å²) in [7, 11) is 0. The van der Waals surface area contributed by atoms with Crippen molar-refractivity contribution in [1.82, 2.24) is 0 Å². The van der Waals surface area contributed by atoms with Crippen molar-refractivity contribution >= 4 is 21.5 Å². The van der Waals surface area contributed by atoms with Gasteiger partial charge in [0.1, 0.15) is 5.75 Å². The van der Waals surface area contributed by atoms with Crippen LogP contribution in [-0.4, -0.2) is 6.36 Å². The van der Waals surface area contributed by atoms with Crippen LogP contribution in [0.15, 0.2) is 72.8 Å². The summed E-state index contributed by atoms with van der Waals surface area (Å²) in [5.41, 5.74) is 2.84. The van der Waals surface area contributed by atoms with Crippen molar-refractivity contribution in [3.05, 3.63) is 89.5 Å². The minimum absolute atomic E-state index is 0.255. The Morgan fingerprint density at radius 2 is 1.34 bits per heavy atom. The summed E-state index contributed by atoms with van der Waals surface area (Å²) < 4.78 is 40.7. The zero-order valence-corrected chi connectivity index (χ0v) is 17.8. The fourth-order valence-electron chi connectivity index (χ4n) is 3.82. The quantitative estimate of drug-likeness (QED) is 0.176. The molecule has 0 unspecified atom stereocenters. The van der Waals surface area contributed by atoms with Crippen LogP contribution in [0, 0.1) is 11.8 Å². The lowest BCUT2D eigenvalue weighted by Crippen LogP contribution is -2.16. The third-order valence-corrected chi connectivity index (χ3v) is 5.41. The molecule has 4 heteroatoms. The molecule has 0 saturated carbocycles. The molecular weight excluding hydrogens is 409 g/mol. The fraction of sp³-hybridized carbons (Fsp3) is 0.214. The molecule has 0 N–H and O–H groups in total. The van der Waals surface area contributed by atoms with Crippen molar-refractivity contribution < 1.29 is 17.9 Å². The van der Waals surface area contributed by atoms with E-state index in [-0.39, 0.29) is 5.75 Å². The van der Waals surface area contributed by atoms with Gasteiger partial charge in [0.15, 0.2) is 0 Å². The third-order valence-electron chi connectivity index (χ3n) is 5.41. The Morgan fingerprint density at radius 1 is 0.719 bits per heavy atom. The number of alkyl halides is 3. The summed E-state index contributed by atoms with van der Waals surface area (Å²) in [4.78, 5) is 0. The number of benzene rings is 4. The second kappa shape index (κ2) is 9.36. The zero-order chi connectivity index (χ0) is 22.6. The van der Waals surface area contributed by atoms with Gasteiger partial charge in [-0.15, -0.1) is 13.2 Å². The monoisotopic (exact) mass is 432 g/mol. The van der Waals surface area contributed by atoms with Gasteiger partial charge in [0.05, 0.1) is 0 Å². The van der Waals surface area contributed by atoms with Gasteiger partial charge >= 0.3 is 6.36 Å². The van der Waals surface area contributed by atoms with Crippen LogP contribution in [0.25, 0.3) is 21.5 Å². The summed E-state index contributed by atoms with van der Waals surface area (Å²) in [6.45, 7) is 2.22. The maximum absolute atomic E-state index is 12.3. The molecule has 0 spiro atoms. The highest BCUT2D eigenvalue weighted by atomic mass is 19.4. The summed E-state index contributed by atoms with van der Waals surface area (Å²) in [5.74, 6) is 5.84. The molecule has 0 bridgehead atoms. The van der Waals surface area contributed by atoms with E-state index < -0.39 is 6.36 Å². The number of fused-ring (bicyclic) bond motifs is 3. The molecule has 0 amide bonds. The predicted molar refractivity (Wildman–Crippen MR) is 124 cm³/mol. The topological polar surface area (TPSA) is 9.23 Å². The summed E-state index contributed by atoms with van der Waals surface area (Å²) in [5, 5.41) is 4.76. The molecule has 0 atom stereocenters. The summed E-state index contributed by atoms with van der Waals surface area (Å²) >= 11 is 0. The van der Waals surface area contributed by atoms with Gasteiger partial charge in [-0.3, -0.25) is 0 Å². The highest BCUT2D eigenvalue weighted by Crippen LogP contribution is 2.28. The molecule has 0 saturated heterocycles. The highest BCUT2D eigenvalue weighted by molar-refractivity contribution is 6.07. The van der Waals surface area contributed by atoms with E-state index in [2.05, 4.69) is 59.9 Å². The van der Waals surface area contributed by atoms with Crippen molar-refractivity contribution in [1.29, 1.82) is 0 Å². The van der Waals surface area contributed by atoms with Crippen LogP contribution in [0.2, 0.25) is 0 Å². The van der Waals surface area contributed by atoms with Crippen LogP contribution in [0.1, 0.15) is 42.9 Å². The van der Waals surface area contributed by atoms with E-state index in [9.17, 15) is 13.2 Å². The average molecular weight is 432 g/mol. The lowest BCUT2D eigenvalue weighted by Gasteiger charge is -2.08. The number of aryl methyl sites for hydroxylation is 1. The third kappa shape index (κ3) is 5.42. The lowest BCUT2D eigenvalue weighted by molar-refractivity contribution is -0.274. The summed E-state index contributed by atoms with van der Waals surface area (Å²) in [6, 6.07) is 22.6. The van der Waals surface area contributed by atoms with E-state index in [1.165, 1.54) is 65.3 Å². The molecule has 0 radical (unpaired) electrons. The van der Waals surface area contributed by atoms with Crippen molar-refractivity contribution in [3.63, 3.8) is 0 Å². The number of halogens is 3. The summed E-state index contributed by atoms with van der Waals surface area (Å²) in [6.07, 6.45) is 0.112. The largest absolute Gasteiger partial charge is 0.573 e. The number of unbranched alkanes of at least 4 members (excludes halogenated alkanes) is 2. The molecule has 4 aromatic rings. The van der Waals surface area contributed by atoms with Gasteiger partial charge in [0, 0.05) is 11.1 Å². The Hall–Kier alpha value is -3.45. The SMILES string of the molecule is CCCCCc1ccc2c(ccc3cc(C#Cc4ccc(OC(F)(F)F)cc4)ccc32)c1. The molecule has 4 rings (SSSR count). The molecule has 4 aromatic carbocycles. The van der Waals surface area contributed by atoms with Gasteiger partial charge in [0.25, 0.3) is 0 Å². The van der Waals surface area contributed by atoms with Gasteiger partial charge in [-0.2, -0.15) is 0 Å². The van der Waals surface area contributed by atoms with E-state index in [1.54, 1.807) is 0 Å². The zero-order valence-electron chi connectivity index (χ0n) is 17.8. The van der Waals surface area contributed by atoms with E-state index in [0.717, 1.165) is 17.4 Å². The van der Waals surface area contributed by atoms with E-state index >= 15 is 0 Å². The number of ether oxygens (including phenoxy) is 1. The van der Waals surface area contributed by atoms with Gasteiger partial charge in [-0.05, 0) is 76.3 Å². The van der Waals surface area contributed by atoms with Crippen molar-refractivity contribution in [2.45, 2.75) is 39.0 Å². The first-order chi connectivity index (χ1) is 15.4. The minimum atomic E-state index is -4.70. The maximum atomic E-state index is 12.3. The fourth-order valence-corrected chi connectivity index (χ4v) is 3.82. The molecule has 32 heavy (non-hydrogen) atoms. The van der Waals surface area contributed by atoms with E-state index in [0.29, 0.717) is 5.56 Å². The highest BCUT2D eigenvalue weighted by Gasteiger charge is 2.30. The van der Waals surface area contributed by atoms with Crippen LogP contribution < -0.4 is 4.74 Å². The van der Waals surface area contributed by atoms with Gasteiger partial charge < -0.3 is 4.74 Å². The van der Waals surface area contributed by atoms with Gasteiger partial charge in [-0.1, -0.05) is 68.0 Å². The van der Waals surface area contributed by atoms with Crippen molar-refractivity contribution in [2.75, 3.05) is 0 Å². The van der Waals surface area contributed by atoms with E-state index in [1.807, 2.05) is 12.1 Å². The second-order valence-corrected chi connectivity index (χ2v) is 7.84. The first-order valence-electron chi connectivity index (χ1n) is 10.7. The average Bonchev–Trinajstić information content (AvgIpc) is 2.77. The van der Waals surface area contributed by atoms with Crippen LogP contribution in [0.3, 0.4) is 0 Å². The Bertz CT molecular complexity index is 1290. The standard InChI is InChI=1S/C28H23F3O/c1-2-3-4-5-21-10-16-26-23(18-21)12-13-24-19-22(11-17-27(24)26)7-6-20-8-14-25(15-9-20)32-28(29,30)31/h8-19H,2-5H2,1H3. The lowest BCUT2D eigenvalue weighted by atomic mass is 9.97. The Kier molecular flexibility index (Phi) is 6.37. The Labute approximate surface area is 185 Å². The van der Waals surface area contributed by atoms with Crippen LogP contribution >= 0.6 is 0 Å². The minimum Gasteiger partial charge on any atom is -0.406 e. The van der Waals surface area contributed by atoms with Crippen LogP contribution in [-0.2, 0) is 6.42 Å². The molecule has 0 aliphatic carbocycles. The van der Waals surface area contributed by atoms with Crippen molar-refractivity contribution in [3.8, 4) is 17.6 Å². The number of hydrogen-bond donors (Lipinski definition) is 0. The molecule has 0 heterocycles. The number of hydrogen-bond acceptors (Lipinski definition) is 1. The molecular formula is C28H23F3O. The normalized spacial score (nSPS) is 11.4. The second-order valence-electron chi connectivity index (χ2n) is 7.84. The molecule has 1 nitrogen and oxygen atoms in total. The molecule has 0 aliphatic rings. The molecule has 0 aromatic heterocycles. The van der Waals surface area contributed by atoms with Gasteiger partial charge in [-0.25, -0.2) is 0 Å². The van der Waals surface area contributed by atoms with Gasteiger partial charge in [0.2, 0.25) is 0 Å². The first-order valence-corrected chi connectivity index (χ1v) is 10.7. The van der Waals surface area contributed by atoms with Crippen molar-refractivity contribution in [2.24, 2.45) is 0 Å². The molecule has 0 fully saturated rings. The van der Waals surface area contributed by atoms with E-state index in [4.69, 9.17) is 0 Å². The maximum Gasteiger partial charge on any atom is 0.573 e. The molecule has 162 valence electrons. The Balaban J connectivity index is 1.55. The first kappa shape index (κ1) is 21.8. The number of rotatable bonds is 5. The van der Waals surface area contributed by atoms with Crippen LogP contribution in [0.4, 0.5) is 13.2 Å². The predicted octanol–water partition coefficient (Wildman–Crippen LogP) is 8.02. The molecule has 0 aliphatic heterocycles. The van der Waals surface area contributed by atoms with Crippen LogP contribution in [0.5, 0.6) is 5.75 Å². The Morgan fingerprint density at radius 3 is 2.03 bits per heavy atom.